The zero-order chi connectivity index (χ0) is 35.4. The normalized spacial score (nSPS) is 12.1. The highest BCUT2D eigenvalue weighted by atomic mass is 15.0. The molecule has 0 unspecified atom stereocenters. The maximum atomic E-state index is 2.50. The SMILES string of the molecule is Cc1cc2c(cc1-n1c3ccccc3c3cc(-n4c5ccccc5c5ccccc54)ccc31)-c1ccccc1-c1ccccc1-c1ccc(C)c(C)c1-2. The first-order valence-electron chi connectivity index (χ1n) is 18.5. The van der Waals surface area contributed by atoms with Gasteiger partial charge in [-0.3, -0.25) is 0 Å². The van der Waals surface area contributed by atoms with Crippen molar-refractivity contribution in [1.82, 2.24) is 9.13 Å². The van der Waals surface area contributed by atoms with Crippen LogP contribution in [0.4, 0.5) is 0 Å². The molecule has 0 fully saturated rings. The van der Waals surface area contributed by atoms with Gasteiger partial charge in [0.05, 0.1) is 22.1 Å². The van der Waals surface area contributed by atoms with Gasteiger partial charge in [-0.25, -0.2) is 0 Å². The number of hydrogen-bond donors (Lipinski definition) is 0. The maximum Gasteiger partial charge on any atom is 0.0542 e. The van der Waals surface area contributed by atoms with Crippen molar-refractivity contribution in [2.24, 2.45) is 0 Å². The van der Waals surface area contributed by atoms with Crippen molar-refractivity contribution in [3.8, 4) is 55.9 Å². The van der Waals surface area contributed by atoms with Gasteiger partial charge in [0.2, 0.25) is 0 Å². The van der Waals surface area contributed by atoms with E-state index in [9.17, 15) is 0 Å². The highest BCUT2D eigenvalue weighted by Crippen LogP contribution is 2.50. The van der Waals surface area contributed by atoms with Crippen LogP contribution in [0.5, 0.6) is 0 Å². The van der Waals surface area contributed by atoms with Gasteiger partial charge in [0.15, 0.2) is 0 Å². The van der Waals surface area contributed by atoms with Gasteiger partial charge in [0, 0.05) is 32.9 Å². The Balaban J connectivity index is 1.21. The Morgan fingerprint density at radius 2 is 0.811 bits per heavy atom. The van der Waals surface area contributed by atoms with E-state index in [0.717, 1.165) is 0 Å². The molecule has 8 aromatic carbocycles. The second-order valence-electron chi connectivity index (χ2n) is 14.6. The lowest BCUT2D eigenvalue weighted by Crippen LogP contribution is -2.03. The monoisotopic (exact) mass is 676 g/mol. The molecule has 0 atom stereocenters. The summed E-state index contributed by atoms with van der Waals surface area (Å²) in [4.78, 5) is 0. The first-order valence-corrected chi connectivity index (χ1v) is 18.5. The summed E-state index contributed by atoms with van der Waals surface area (Å²) in [7, 11) is 0. The van der Waals surface area contributed by atoms with Crippen molar-refractivity contribution in [3.63, 3.8) is 0 Å². The summed E-state index contributed by atoms with van der Waals surface area (Å²) in [5.74, 6) is 0. The number of rotatable bonds is 2. The second kappa shape index (κ2) is 11.2. The molecule has 2 heterocycles. The summed E-state index contributed by atoms with van der Waals surface area (Å²) in [6, 6.07) is 60.8. The van der Waals surface area contributed by atoms with Crippen LogP contribution in [0.3, 0.4) is 0 Å². The Hall–Kier alpha value is -6.64. The third-order valence-corrected chi connectivity index (χ3v) is 11.8. The number of aryl methyl sites for hydroxylation is 2. The number of fused-ring (bicyclic) bond motifs is 14. The van der Waals surface area contributed by atoms with Crippen LogP contribution in [-0.2, 0) is 0 Å². The van der Waals surface area contributed by atoms with E-state index in [-0.39, 0.29) is 0 Å². The molecule has 0 spiro atoms. The summed E-state index contributed by atoms with van der Waals surface area (Å²) in [6.07, 6.45) is 0. The summed E-state index contributed by atoms with van der Waals surface area (Å²) in [5, 5.41) is 5.05. The van der Waals surface area contributed by atoms with E-state index in [1.807, 2.05) is 0 Å². The van der Waals surface area contributed by atoms with Crippen molar-refractivity contribution in [2.45, 2.75) is 20.8 Å². The van der Waals surface area contributed by atoms with E-state index in [0.29, 0.717) is 0 Å². The average molecular weight is 677 g/mol. The predicted molar refractivity (Wildman–Crippen MR) is 225 cm³/mol. The standard InChI is InChI=1S/C51H36N2/c1-31-24-26-42-37-16-6-4-14-35(37)36-15-5-7-17-38(36)43-30-50(32(2)28-45(43)51(42)33(31)3)53-48-23-13-10-20-41(48)44-29-34(25-27-49(44)53)52-46-21-11-8-18-39(46)40-19-9-12-22-47(40)52/h4-30H,1-3H3. The number of hydrogen-bond acceptors (Lipinski definition) is 0. The Kier molecular flexibility index (Phi) is 6.33. The van der Waals surface area contributed by atoms with Gasteiger partial charge >= 0.3 is 0 Å². The smallest absolute Gasteiger partial charge is 0.0542 e. The molecular weight excluding hydrogens is 641 g/mol. The molecule has 0 aliphatic heterocycles. The molecule has 11 rings (SSSR count). The molecule has 53 heavy (non-hydrogen) atoms. The molecule has 0 bridgehead atoms. The highest BCUT2D eigenvalue weighted by Gasteiger charge is 2.26. The first kappa shape index (κ1) is 30.0. The molecule has 0 radical (unpaired) electrons. The summed E-state index contributed by atoms with van der Waals surface area (Å²) >= 11 is 0. The fourth-order valence-corrected chi connectivity index (χ4v) is 9.22. The zero-order valence-corrected chi connectivity index (χ0v) is 30.0. The van der Waals surface area contributed by atoms with Gasteiger partial charge in [-0.2, -0.15) is 0 Å². The van der Waals surface area contributed by atoms with Crippen LogP contribution >= 0.6 is 0 Å². The van der Waals surface area contributed by atoms with E-state index in [1.54, 1.807) is 0 Å². The van der Waals surface area contributed by atoms with Gasteiger partial charge in [0.1, 0.15) is 0 Å². The second-order valence-corrected chi connectivity index (χ2v) is 14.6. The third-order valence-electron chi connectivity index (χ3n) is 11.8. The molecule has 250 valence electrons. The van der Waals surface area contributed by atoms with E-state index in [1.165, 1.54) is 116 Å². The molecule has 2 aromatic heterocycles. The van der Waals surface area contributed by atoms with Gasteiger partial charge in [-0.05, 0) is 131 Å². The van der Waals surface area contributed by atoms with Crippen molar-refractivity contribution in [1.29, 1.82) is 0 Å². The average Bonchev–Trinajstić information content (AvgIpc) is 3.71. The lowest BCUT2D eigenvalue weighted by molar-refractivity contribution is 1.14. The first-order chi connectivity index (χ1) is 26.1. The number of aromatic nitrogens is 2. The Labute approximate surface area is 308 Å². The summed E-state index contributed by atoms with van der Waals surface area (Å²) in [5.41, 5.74) is 21.4. The van der Waals surface area contributed by atoms with E-state index >= 15 is 0 Å². The molecule has 1 aliphatic carbocycles. The van der Waals surface area contributed by atoms with Crippen LogP contribution in [0, 0.1) is 20.8 Å². The fourth-order valence-electron chi connectivity index (χ4n) is 9.22. The molecule has 0 N–H and O–H groups in total. The number of benzene rings is 8. The van der Waals surface area contributed by atoms with Gasteiger partial charge in [-0.15, -0.1) is 0 Å². The van der Waals surface area contributed by atoms with Crippen LogP contribution in [0.1, 0.15) is 16.7 Å². The topological polar surface area (TPSA) is 9.86 Å². The van der Waals surface area contributed by atoms with Crippen molar-refractivity contribution >= 4 is 43.6 Å². The number of nitrogens with zero attached hydrogens (tertiary/aromatic N) is 2. The quantitative estimate of drug-likeness (QED) is 0.172. The minimum absolute atomic E-state index is 1.17. The molecule has 0 saturated carbocycles. The van der Waals surface area contributed by atoms with Crippen LogP contribution in [0.25, 0.3) is 99.5 Å². The van der Waals surface area contributed by atoms with Crippen LogP contribution in [-0.4, -0.2) is 9.13 Å². The minimum atomic E-state index is 1.17. The zero-order valence-electron chi connectivity index (χ0n) is 30.0. The Morgan fingerprint density at radius 3 is 1.43 bits per heavy atom. The molecule has 0 saturated heterocycles. The molecule has 2 nitrogen and oxygen atoms in total. The summed E-state index contributed by atoms with van der Waals surface area (Å²) in [6.45, 7) is 6.81. The predicted octanol–water partition coefficient (Wildman–Crippen LogP) is 13.8. The van der Waals surface area contributed by atoms with Crippen LogP contribution in [0.15, 0.2) is 164 Å². The molecular formula is C51H36N2. The van der Waals surface area contributed by atoms with E-state index < -0.39 is 0 Å². The highest BCUT2D eigenvalue weighted by molar-refractivity contribution is 6.13. The third kappa shape index (κ3) is 4.21. The van der Waals surface area contributed by atoms with Crippen LogP contribution in [0.2, 0.25) is 0 Å². The van der Waals surface area contributed by atoms with Crippen molar-refractivity contribution in [3.05, 3.63) is 180 Å². The van der Waals surface area contributed by atoms with Crippen molar-refractivity contribution in [2.75, 3.05) is 0 Å². The fraction of sp³-hybridized carbons (Fsp3) is 0.0588. The molecule has 1 aliphatic rings. The lowest BCUT2D eigenvalue weighted by Gasteiger charge is -2.26. The largest absolute Gasteiger partial charge is 0.309 e. The van der Waals surface area contributed by atoms with Crippen LogP contribution < -0.4 is 0 Å². The van der Waals surface area contributed by atoms with Gasteiger partial charge < -0.3 is 9.13 Å². The summed E-state index contributed by atoms with van der Waals surface area (Å²) < 4.78 is 4.92. The Morgan fingerprint density at radius 1 is 0.321 bits per heavy atom. The molecule has 2 heteroatoms. The van der Waals surface area contributed by atoms with Crippen molar-refractivity contribution < 1.29 is 0 Å². The van der Waals surface area contributed by atoms with E-state index in [4.69, 9.17) is 0 Å². The van der Waals surface area contributed by atoms with E-state index in [2.05, 4.69) is 194 Å². The molecule has 0 amide bonds. The minimum Gasteiger partial charge on any atom is -0.309 e. The Bertz CT molecular complexity index is 3100. The molecule has 10 aromatic rings. The maximum absolute atomic E-state index is 2.50. The van der Waals surface area contributed by atoms with Gasteiger partial charge in [-0.1, -0.05) is 115 Å². The van der Waals surface area contributed by atoms with Gasteiger partial charge in [0.25, 0.3) is 0 Å². The number of para-hydroxylation sites is 3. The lowest BCUT2D eigenvalue weighted by atomic mass is 9.78.